The van der Waals surface area contributed by atoms with E-state index in [4.69, 9.17) is 5.11 Å². The second-order valence-electron chi connectivity index (χ2n) is 6.28. The molecule has 1 fully saturated rings. The van der Waals surface area contributed by atoms with Crippen molar-refractivity contribution in [3.63, 3.8) is 0 Å². The van der Waals surface area contributed by atoms with E-state index in [1.54, 1.807) is 6.92 Å². The first-order chi connectivity index (χ1) is 11.1. The highest BCUT2D eigenvalue weighted by molar-refractivity contribution is 5.90. The van der Waals surface area contributed by atoms with Gasteiger partial charge in [-0.3, -0.25) is 4.79 Å². The number of aryl methyl sites for hydroxylation is 1. The third kappa shape index (κ3) is 4.62. The molecule has 1 unspecified atom stereocenters. The van der Waals surface area contributed by atoms with E-state index < -0.39 is 30.0 Å². The summed E-state index contributed by atoms with van der Waals surface area (Å²) in [4.78, 5) is 24.7. The van der Waals surface area contributed by atoms with E-state index in [1.807, 2.05) is 0 Å². The molecule has 1 heterocycles. The zero-order valence-electron chi connectivity index (χ0n) is 13.2. The molecule has 5 nitrogen and oxygen atoms in total. The van der Waals surface area contributed by atoms with Gasteiger partial charge in [-0.15, -0.1) is 0 Å². The first kappa shape index (κ1) is 18.1. The summed E-state index contributed by atoms with van der Waals surface area (Å²) in [6, 6.07) is 5.73. The highest BCUT2D eigenvalue weighted by Gasteiger charge is 2.42. The summed E-state index contributed by atoms with van der Waals surface area (Å²) in [5.41, 5.74) is 0.0448. The number of likely N-dealkylation sites (tertiary alicyclic amines) is 1. The number of rotatable bonds is 4. The Bertz CT molecular complexity index is 616. The Morgan fingerprint density at radius 2 is 1.92 bits per heavy atom. The van der Waals surface area contributed by atoms with Crippen molar-refractivity contribution in [2.45, 2.75) is 32.4 Å². The number of carbonyl (C=O) groups is 2. The molecule has 1 aliphatic rings. The molecule has 0 aromatic heterocycles. The molecule has 1 aliphatic heterocycles. The third-order valence-corrected chi connectivity index (χ3v) is 4.18. The predicted octanol–water partition coefficient (Wildman–Crippen LogP) is 3.51. The molecule has 132 valence electrons. The van der Waals surface area contributed by atoms with Crippen LogP contribution < -0.4 is 5.32 Å². The van der Waals surface area contributed by atoms with Gasteiger partial charge in [0.1, 0.15) is 0 Å². The van der Waals surface area contributed by atoms with E-state index in [1.165, 1.54) is 29.2 Å². The fourth-order valence-corrected chi connectivity index (χ4v) is 2.55. The van der Waals surface area contributed by atoms with Crippen LogP contribution in [0.15, 0.2) is 24.3 Å². The molecule has 0 saturated carbocycles. The van der Waals surface area contributed by atoms with Crippen LogP contribution in [-0.4, -0.2) is 41.3 Å². The molecular weight excluding hydrogens is 325 g/mol. The van der Waals surface area contributed by atoms with Crippen molar-refractivity contribution < 1.29 is 27.9 Å². The Kier molecular flexibility index (Phi) is 5.05. The van der Waals surface area contributed by atoms with Crippen molar-refractivity contribution in [1.82, 2.24) is 4.90 Å². The lowest BCUT2D eigenvalue weighted by molar-refractivity contribution is -0.147. The number of anilines is 1. The molecule has 2 N–H and O–H groups in total. The molecule has 24 heavy (non-hydrogen) atoms. The molecule has 1 atom stereocenters. The van der Waals surface area contributed by atoms with Gasteiger partial charge >= 0.3 is 18.2 Å². The summed E-state index contributed by atoms with van der Waals surface area (Å²) < 4.78 is 36.5. The van der Waals surface area contributed by atoms with Gasteiger partial charge in [-0.2, -0.15) is 13.2 Å². The van der Waals surface area contributed by atoms with Crippen molar-refractivity contribution in [3.05, 3.63) is 29.8 Å². The average Bonchev–Trinajstić information content (AvgIpc) is 2.90. The average molecular weight is 344 g/mol. The van der Waals surface area contributed by atoms with Crippen molar-refractivity contribution >= 4 is 17.7 Å². The first-order valence-electron chi connectivity index (χ1n) is 7.54. The van der Waals surface area contributed by atoms with Crippen molar-refractivity contribution in [1.29, 1.82) is 0 Å². The van der Waals surface area contributed by atoms with Gasteiger partial charge in [-0.1, -0.05) is 12.1 Å². The topological polar surface area (TPSA) is 69.6 Å². The van der Waals surface area contributed by atoms with Gasteiger partial charge in [0.25, 0.3) is 0 Å². The molecule has 0 bridgehead atoms. The smallest absolute Gasteiger partial charge is 0.389 e. The van der Waals surface area contributed by atoms with E-state index in [-0.39, 0.29) is 13.0 Å². The second-order valence-corrected chi connectivity index (χ2v) is 6.28. The first-order valence-corrected chi connectivity index (χ1v) is 7.54. The maximum absolute atomic E-state index is 12.2. The number of carboxylic acids is 1. The Balaban J connectivity index is 1.90. The van der Waals surface area contributed by atoms with Crippen LogP contribution in [0.4, 0.5) is 23.7 Å². The Hall–Kier alpha value is -2.25. The SMILES string of the molecule is CC1(C(=O)O)CCN(C(=O)Nc2ccc(CCC(F)(F)F)cc2)C1. The van der Waals surface area contributed by atoms with Crippen LogP contribution in [0, 0.1) is 5.41 Å². The second kappa shape index (κ2) is 6.70. The maximum Gasteiger partial charge on any atom is 0.389 e. The number of benzene rings is 1. The van der Waals surface area contributed by atoms with Crippen LogP contribution in [0.5, 0.6) is 0 Å². The number of aliphatic carboxylic acids is 1. The quantitative estimate of drug-likeness (QED) is 0.878. The molecule has 1 saturated heterocycles. The maximum atomic E-state index is 12.2. The van der Waals surface area contributed by atoms with Gasteiger partial charge in [0.05, 0.1) is 5.41 Å². The van der Waals surface area contributed by atoms with Gasteiger partial charge in [0, 0.05) is 25.2 Å². The molecule has 2 amide bonds. The summed E-state index contributed by atoms with van der Waals surface area (Å²) in [6.07, 6.45) is -4.81. The highest BCUT2D eigenvalue weighted by atomic mass is 19.4. The largest absolute Gasteiger partial charge is 0.481 e. The van der Waals surface area contributed by atoms with Crippen molar-refractivity contribution in [3.8, 4) is 0 Å². The number of nitrogens with one attached hydrogen (secondary N) is 1. The van der Waals surface area contributed by atoms with Crippen molar-refractivity contribution in [2.24, 2.45) is 5.41 Å². The zero-order chi connectivity index (χ0) is 18.0. The molecular formula is C16H19F3N2O3. The number of carbonyl (C=O) groups excluding carboxylic acids is 1. The number of alkyl halides is 3. The fourth-order valence-electron chi connectivity index (χ4n) is 2.55. The van der Waals surface area contributed by atoms with Crippen LogP contribution in [0.2, 0.25) is 0 Å². The standard InChI is InChI=1S/C16H19F3N2O3/c1-15(13(22)23)8-9-21(10-15)14(24)20-12-4-2-11(3-5-12)6-7-16(17,18)19/h2-5H,6-10H2,1H3,(H,20,24)(H,22,23). The lowest BCUT2D eigenvalue weighted by Gasteiger charge is -2.20. The van der Waals surface area contributed by atoms with E-state index in [2.05, 4.69) is 5.32 Å². The third-order valence-electron chi connectivity index (χ3n) is 4.18. The number of amides is 2. The molecule has 8 heteroatoms. The molecule has 0 aliphatic carbocycles. The number of hydrogen-bond acceptors (Lipinski definition) is 2. The minimum atomic E-state index is -4.20. The van der Waals surface area contributed by atoms with Gasteiger partial charge < -0.3 is 15.3 Å². The van der Waals surface area contributed by atoms with Crippen LogP contribution >= 0.6 is 0 Å². The molecule has 1 aromatic carbocycles. The summed E-state index contributed by atoms with van der Waals surface area (Å²) in [5.74, 6) is -0.938. The molecule has 1 aromatic rings. The lowest BCUT2D eigenvalue weighted by Crippen LogP contribution is -2.37. The van der Waals surface area contributed by atoms with Gasteiger partial charge in [0.15, 0.2) is 0 Å². The van der Waals surface area contributed by atoms with E-state index in [9.17, 15) is 22.8 Å². The number of halogens is 3. The van der Waals surface area contributed by atoms with E-state index in [0.29, 0.717) is 24.2 Å². The van der Waals surface area contributed by atoms with Crippen LogP contribution in [0.1, 0.15) is 25.3 Å². The zero-order valence-corrected chi connectivity index (χ0v) is 13.2. The summed E-state index contributed by atoms with van der Waals surface area (Å²) >= 11 is 0. The van der Waals surface area contributed by atoms with E-state index >= 15 is 0 Å². The minimum Gasteiger partial charge on any atom is -0.481 e. The number of hydrogen-bond donors (Lipinski definition) is 2. The Morgan fingerprint density at radius 3 is 2.42 bits per heavy atom. The lowest BCUT2D eigenvalue weighted by atomic mass is 9.90. The van der Waals surface area contributed by atoms with Crippen LogP contribution in [-0.2, 0) is 11.2 Å². The summed E-state index contributed by atoms with van der Waals surface area (Å²) in [7, 11) is 0. The molecule has 0 spiro atoms. The minimum absolute atomic E-state index is 0.110. The monoisotopic (exact) mass is 344 g/mol. The summed E-state index contributed by atoms with van der Waals surface area (Å²) in [5, 5.41) is 11.8. The number of urea groups is 1. The van der Waals surface area contributed by atoms with Gasteiger partial charge in [-0.25, -0.2) is 4.79 Å². The normalized spacial score (nSPS) is 20.9. The summed E-state index contributed by atoms with van der Waals surface area (Å²) in [6.45, 7) is 2.06. The molecule has 0 radical (unpaired) electrons. The predicted molar refractivity (Wildman–Crippen MR) is 81.8 cm³/mol. The fraction of sp³-hybridized carbons (Fsp3) is 0.500. The van der Waals surface area contributed by atoms with E-state index in [0.717, 1.165) is 0 Å². The van der Waals surface area contributed by atoms with Crippen LogP contribution in [0.25, 0.3) is 0 Å². The highest BCUT2D eigenvalue weighted by Crippen LogP contribution is 2.30. The van der Waals surface area contributed by atoms with Gasteiger partial charge in [0.2, 0.25) is 0 Å². The Morgan fingerprint density at radius 1 is 1.29 bits per heavy atom. The van der Waals surface area contributed by atoms with Crippen molar-refractivity contribution in [2.75, 3.05) is 18.4 Å². The van der Waals surface area contributed by atoms with Crippen LogP contribution in [0.3, 0.4) is 0 Å². The van der Waals surface area contributed by atoms with Gasteiger partial charge in [-0.05, 0) is 37.5 Å². The molecule has 2 rings (SSSR count). The number of carboxylic acid groups (broad SMARTS) is 1. The Labute approximate surface area is 137 Å². The number of nitrogens with zero attached hydrogens (tertiary/aromatic N) is 1.